The minimum atomic E-state index is 0.971. The number of aromatic nitrogens is 3. The number of thioether (sulfide) groups is 1. The molecule has 104 valence electrons. The molecule has 0 amide bonds. The van der Waals surface area contributed by atoms with Crippen LogP contribution in [0.5, 0.6) is 0 Å². The maximum Gasteiger partial charge on any atom is 0.213 e. The zero-order chi connectivity index (χ0) is 13.9. The van der Waals surface area contributed by atoms with E-state index in [4.69, 9.17) is 0 Å². The SMILES string of the molecule is CCCSc1nn2cc(-c3ccc(CC)cc3)nc2s1. The minimum absolute atomic E-state index is 0.971. The molecule has 0 atom stereocenters. The van der Waals surface area contributed by atoms with E-state index < -0.39 is 0 Å². The Morgan fingerprint density at radius 3 is 2.65 bits per heavy atom. The van der Waals surface area contributed by atoms with Gasteiger partial charge in [0.1, 0.15) is 0 Å². The Labute approximate surface area is 127 Å². The Balaban J connectivity index is 1.86. The Hall–Kier alpha value is -1.33. The second-order valence-electron chi connectivity index (χ2n) is 4.62. The summed E-state index contributed by atoms with van der Waals surface area (Å²) in [4.78, 5) is 5.64. The standard InChI is InChI=1S/C15H17N3S2/c1-3-9-19-15-17-18-10-13(16-14(18)20-15)12-7-5-11(4-2)6-8-12/h5-8,10H,3-4,9H2,1-2H3. The highest BCUT2D eigenvalue weighted by Gasteiger charge is 2.09. The van der Waals surface area contributed by atoms with Gasteiger partial charge in [0.15, 0.2) is 4.34 Å². The first-order valence-electron chi connectivity index (χ1n) is 6.88. The number of imidazole rings is 1. The summed E-state index contributed by atoms with van der Waals surface area (Å²) in [7, 11) is 0. The van der Waals surface area contributed by atoms with Gasteiger partial charge in [-0.1, -0.05) is 61.2 Å². The fourth-order valence-electron chi connectivity index (χ4n) is 1.98. The van der Waals surface area contributed by atoms with Gasteiger partial charge in [0.2, 0.25) is 4.96 Å². The van der Waals surface area contributed by atoms with E-state index in [2.05, 4.69) is 48.2 Å². The van der Waals surface area contributed by atoms with Gasteiger partial charge in [-0.15, -0.1) is 5.10 Å². The van der Waals surface area contributed by atoms with E-state index in [1.165, 1.54) is 12.0 Å². The summed E-state index contributed by atoms with van der Waals surface area (Å²) in [5, 5.41) is 4.57. The molecule has 20 heavy (non-hydrogen) atoms. The van der Waals surface area contributed by atoms with Crippen LogP contribution in [0, 0.1) is 0 Å². The highest BCUT2D eigenvalue weighted by molar-refractivity contribution is 8.01. The van der Waals surface area contributed by atoms with Crippen LogP contribution in [0.3, 0.4) is 0 Å². The number of aryl methyl sites for hydroxylation is 1. The molecule has 5 heteroatoms. The molecule has 0 saturated heterocycles. The normalized spacial score (nSPS) is 11.3. The average molecular weight is 303 g/mol. The highest BCUT2D eigenvalue weighted by Crippen LogP contribution is 2.27. The van der Waals surface area contributed by atoms with E-state index >= 15 is 0 Å². The Morgan fingerprint density at radius 2 is 2.00 bits per heavy atom. The van der Waals surface area contributed by atoms with Gasteiger partial charge in [-0.05, 0) is 18.4 Å². The van der Waals surface area contributed by atoms with Gasteiger partial charge in [-0.3, -0.25) is 0 Å². The van der Waals surface area contributed by atoms with Crippen LogP contribution in [-0.4, -0.2) is 20.4 Å². The fraction of sp³-hybridized carbons (Fsp3) is 0.333. The summed E-state index contributed by atoms with van der Waals surface area (Å²) in [5.41, 5.74) is 3.51. The largest absolute Gasteiger partial charge is 0.217 e. The Kier molecular flexibility index (Phi) is 4.08. The second-order valence-corrected chi connectivity index (χ2v) is 6.92. The molecule has 0 bridgehead atoms. The maximum atomic E-state index is 4.67. The van der Waals surface area contributed by atoms with Crippen LogP contribution in [0.2, 0.25) is 0 Å². The molecule has 1 aromatic carbocycles. The van der Waals surface area contributed by atoms with Crippen LogP contribution in [0.4, 0.5) is 0 Å². The van der Waals surface area contributed by atoms with Crippen molar-refractivity contribution < 1.29 is 0 Å². The quantitative estimate of drug-likeness (QED) is 0.649. The average Bonchev–Trinajstić information content (AvgIpc) is 3.03. The van der Waals surface area contributed by atoms with E-state index in [1.54, 1.807) is 23.1 Å². The van der Waals surface area contributed by atoms with Gasteiger partial charge in [0.25, 0.3) is 0 Å². The number of rotatable bonds is 5. The van der Waals surface area contributed by atoms with E-state index in [9.17, 15) is 0 Å². The van der Waals surface area contributed by atoms with Crippen molar-refractivity contribution >= 4 is 28.1 Å². The summed E-state index contributed by atoms with van der Waals surface area (Å²) < 4.78 is 2.99. The van der Waals surface area contributed by atoms with E-state index in [0.29, 0.717) is 0 Å². The van der Waals surface area contributed by atoms with E-state index in [1.807, 2.05) is 10.7 Å². The second kappa shape index (κ2) is 5.97. The molecule has 0 fully saturated rings. The third-order valence-electron chi connectivity index (χ3n) is 3.11. The van der Waals surface area contributed by atoms with Crippen molar-refractivity contribution in [1.29, 1.82) is 0 Å². The first-order chi connectivity index (χ1) is 9.80. The van der Waals surface area contributed by atoms with Crippen LogP contribution in [0.25, 0.3) is 16.2 Å². The minimum Gasteiger partial charge on any atom is -0.217 e. The molecule has 0 unspecified atom stereocenters. The molecule has 2 heterocycles. The summed E-state index contributed by atoms with van der Waals surface area (Å²) >= 11 is 3.47. The molecule has 0 saturated carbocycles. The fourth-order valence-corrected chi connectivity index (χ4v) is 3.83. The number of benzene rings is 1. The third-order valence-corrected chi connectivity index (χ3v) is 5.37. The molecule has 0 aliphatic heterocycles. The zero-order valence-electron chi connectivity index (χ0n) is 11.7. The molecule has 0 spiro atoms. The first-order valence-corrected chi connectivity index (χ1v) is 8.68. The predicted octanol–water partition coefficient (Wildman–Crippen LogP) is 4.52. The van der Waals surface area contributed by atoms with Gasteiger partial charge >= 0.3 is 0 Å². The van der Waals surface area contributed by atoms with Crippen molar-refractivity contribution in [1.82, 2.24) is 14.6 Å². The topological polar surface area (TPSA) is 30.2 Å². The number of hydrogen-bond acceptors (Lipinski definition) is 4. The van der Waals surface area contributed by atoms with Crippen molar-refractivity contribution in [2.75, 3.05) is 5.75 Å². The van der Waals surface area contributed by atoms with Crippen LogP contribution >= 0.6 is 23.1 Å². The van der Waals surface area contributed by atoms with Gasteiger partial charge in [-0.25, -0.2) is 9.50 Å². The third kappa shape index (κ3) is 2.74. The zero-order valence-corrected chi connectivity index (χ0v) is 13.3. The van der Waals surface area contributed by atoms with Gasteiger partial charge in [0.05, 0.1) is 11.9 Å². The summed E-state index contributed by atoms with van der Waals surface area (Å²) in [5.74, 6) is 1.11. The smallest absolute Gasteiger partial charge is 0.213 e. The maximum absolute atomic E-state index is 4.67. The Bertz CT molecular complexity index is 666. The summed E-state index contributed by atoms with van der Waals surface area (Å²) in [6.07, 6.45) is 4.25. The van der Waals surface area contributed by atoms with Gasteiger partial charge < -0.3 is 0 Å². The molecule has 2 aromatic heterocycles. The van der Waals surface area contributed by atoms with E-state index in [0.717, 1.165) is 32.7 Å². The molecular formula is C15H17N3S2. The lowest BCUT2D eigenvalue weighted by atomic mass is 10.1. The van der Waals surface area contributed by atoms with Crippen LogP contribution < -0.4 is 0 Å². The molecule has 3 nitrogen and oxygen atoms in total. The van der Waals surface area contributed by atoms with Crippen molar-refractivity contribution in [2.45, 2.75) is 31.0 Å². The van der Waals surface area contributed by atoms with Crippen molar-refractivity contribution in [2.24, 2.45) is 0 Å². The lowest BCUT2D eigenvalue weighted by molar-refractivity contribution is 0.914. The molecule has 0 radical (unpaired) electrons. The van der Waals surface area contributed by atoms with Crippen molar-refractivity contribution in [3.8, 4) is 11.3 Å². The number of nitrogens with zero attached hydrogens (tertiary/aromatic N) is 3. The predicted molar refractivity (Wildman–Crippen MR) is 86.7 cm³/mol. The molecule has 0 aliphatic rings. The Morgan fingerprint density at radius 1 is 1.20 bits per heavy atom. The summed E-state index contributed by atoms with van der Waals surface area (Å²) in [6.45, 7) is 4.35. The molecule has 3 aromatic rings. The molecule has 0 N–H and O–H groups in total. The van der Waals surface area contributed by atoms with E-state index in [-0.39, 0.29) is 0 Å². The van der Waals surface area contributed by atoms with Crippen LogP contribution in [-0.2, 0) is 6.42 Å². The van der Waals surface area contributed by atoms with Crippen molar-refractivity contribution in [3.05, 3.63) is 36.0 Å². The number of fused-ring (bicyclic) bond motifs is 1. The van der Waals surface area contributed by atoms with Gasteiger partial charge in [0, 0.05) is 11.3 Å². The van der Waals surface area contributed by atoms with Gasteiger partial charge in [-0.2, -0.15) is 0 Å². The lowest BCUT2D eigenvalue weighted by Crippen LogP contribution is -1.83. The van der Waals surface area contributed by atoms with Crippen LogP contribution in [0.15, 0.2) is 34.8 Å². The monoisotopic (exact) mass is 303 g/mol. The molecular weight excluding hydrogens is 286 g/mol. The highest BCUT2D eigenvalue weighted by atomic mass is 32.2. The molecule has 3 rings (SSSR count). The number of hydrogen-bond donors (Lipinski definition) is 0. The molecule has 0 aliphatic carbocycles. The lowest BCUT2D eigenvalue weighted by Gasteiger charge is -1.98. The van der Waals surface area contributed by atoms with Crippen molar-refractivity contribution in [3.63, 3.8) is 0 Å². The van der Waals surface area contributed by atoms with Crippen LogP contribution in [0.1, 0.15) is 25.8 Å². The summed E-state index contributed by atoms with van der Waals surface area (Å²) in [6, 6.07) is 8.60. The first kappa shape index (κ1) is 13.6.